The Morgan fingerprint density at radius 3 is 2.35 bits per heavy atom. The number of carboxylic acids is 1. The van der Waals surface area contributed by atoms with Crippen LogP contribution in [0.25, 0.3) is 44.6 Å². The van der Waals surface area contributed by atoms with Crippen LogP contribution in [0.15, 0.2) is 71.7 Å². The number of rotatable bonds is 16. The van der Waals surface area contributed by atoms with Crippen LogP contribution in [0.1, 0.15) is 26.9 Å². The minimum Gasteiger partial charge on any atom is -0.478 e. The van der Waals surface area contributed by atoms with Crippen LogP contribution in [0, 0.1) is 0 Å². The van der Waals surface area contributed by atoms with Crippen molar-refractivity contribution in [3.63, 3.8) is 0 Å². The third-order valence-corrected chi connectivity index (χ3v) is 14.6. The maximum Gasteiger partial charge on any atom is 0.488 e. The van der Waals surface area contributed by atoms with Crippen LogP contribution in [0.5, 0.6) is 0 Å². The van der Waals surface area contributed by atoms with E-state index in [0.717, 1.165) is 23.7 Å². The number of aromatic nitrogens is 4. The number of nitrogen functional groups attached to an aromatic ring is 1. The Morgan fingerprint density at radius 1 is 0.941 bits per heavy atom. The van der Waals surface area contributed by atoms with E-state index in [4.69, 9.17) is 24.1 Å². The van der Waals surface area contributed by atoms with E-state index in [1.54, 1.807) is 0 Å². The maximum atomic E-state index is 13.4. The molecule has 2 aromatic carbocycles. The van der Waals surface area contributed by atoms with Crippen LogP contribution < -0.4 is 31.2 Å². The van der Waals surface area contributed by atoms with Gasteiger partial charge in [-0.3, -0.25) is 13.9 Å². The molecule has 362 valence electrons. The molecule has 1 aliphatic carbocycles. The topological polar surface area (TPSA) is 366 Å². The van der Waals surface area contributed by atoms with Gasteiger partial charge in [-0.15, -0.1) is 0 Å². The predicted molar refractivity (Wildman–Crippen MR) is 243 cm³/mol. The molecule has 0 spiro atoms. The number of fused-ring (bicyclic) bond motifs is 3. The number of phosphoric ester groups is 1. The minimum atomic E-state index is -5.70. The summed E-state index contributed by atoms with van der Waals surface area (Å²) in [7, 11) is -3.79. The number of aromatic carboxylic acids is 1. The number of carbonyl (C=O) groups is 3. The monoisotopic (exact) mass is 1020 g/mol. The quantitative estimate of drug-likeness (QED) is 0.0289. The van der Waals surface area contributed by atoms with Crippen molar-refractivity contribution in [1.29, 1.82) is 0 Å². The smallest absolute Gasteiger partial charge is 0.478 e. The summed E-state index contributed by atoms with van der Waals surface area (Å²) in [5.41, 5.74) is 8.74. The van der Waals surface area contributed by atoms with Gasteiger partial charge in [0.1, 0.15) is 49.5 Å². The number of carboxylic acid groups (broad SMARTS) is 1. The van der Waals surface area contributed by atoms with Crippen molar-refractivity contribution in [3.8, 4) is 22.5 Å². The van der Waals surface area contributed by atoms with Gasteiger partial charge in [0, 0.05) is 67.1 Å². The standard InChI is InChI=1S/C38H42N9O17P3S/c1-45(2)20-6-9-23-26(14-20)60-27-15-21(46(3)4)7-10-24(27)29(23)22-8-5-19(13-25(22)37(50)51)35(49)40-11-12-41-38(52)62-32-28(16-59-65(53,54)63-66(55,56)64-67(57,58)68)61-36(31(32)48)47-18-44-30-33(39)42-17-43-34(30)47/h5-10,13-15,17-18,28,31-32,36,48H,11-12,16H2,1-4H3,(H8-,39,40,41,42,43,49,50,51,52,53,54,55,56,57,58,68)/p+1/t28-,31-,32-,36-/m1/s1. The van der Waals surface area contributed by atoms with Gasteiger partial charge in [-0.05, 0) is 47.7 Å². The summed E-state index contributed by atoms with van der Waals surface area (Å²) in [6.45, 7) is -6.46. The average molecular weight is 1020 g/mol. The number of benzene rings is 3. The molecule has 68 heavy (non-hydrogen) atoms. The first-order valence-electron chi connectivity index (χ1n) is 19.8. The molecule has 4 heterocycles. The summed E-state index contributed by atoms with van der Waals surface area (Å²) in [4.78, 5) is 91.4. The minimum absolute atomic E-state index is 0.0148. The van der Waals surface area contributed by atoms with Crippen molar-refractivity contribution in [1.82, 2.24) is 34.7 Å². The molecule has 2 aromatic heterocycles. The molecule has 7 rings (SSSR count). The van der Waals surface area contributed by atoms with Crippen LogP contribution in [0.4, 0.5) is 16.3 Å². The molecule has 3 aliphatic rings. The van der Waals surface area contributed by atoms with Gasteiger partial charge < -0.3 is 64.9 Å². The van der Waals surface area contributed by atoms with Crippen molar-refractivity contribution in [2.24, 2.45) is 0 Å². The summed E-state index contributed by atoms with van der Waals surface area (Å²) in [6, 6.07) is 15.4. The number of phosphoric acid groups is 2. The molecule has 6 atom stereocenters. The molecule has 26 nitrogen and oxygen atoms in total. The lowest BCUT2D eigenvalue weighted by molar-refractivity contribution is -0.0508. The molecular weight excluding hydrogens is 979 g/mol. The number of hydrogen-bond acceptors (Lipinski definition) is 18. The van der Waals surface area contributed by atoms with E-state index < -0.39 is 71.5 Å². The first-order chi connectivity index (χ1) is 31.9. The van der Waals surface area contributed by atoms with E-state index in [0.29, 0.717) is 33.4 Å². The van der Waals surface area contributed by atoms with Gasteiger partial charge >= 0.3 is 34.4 Å². The molecule has 4 aromatic rings. The van der Waals surface area contributed by atoms with E-state index in [2.05, 4.69) is 46.0 Å². The lowest BCUT2D eigenvalue weighted by Gasteiger charge is -2.22. The highest BCUT2D eigenvalue weighted by atomic mass is 32.5. The maximum absolute atomic E-state index is 13.4. The number of hydrogen-bond donors (Lipinski definition) is 9. The van der Waals surface area contributed by atoms with Crippen molar-refractivity contribution in [3.05, 3.63) is 83.7 Å². The number of nitrogens with two attached hydrogens (primary N) is 1. The number of nitrogens with zero attached hydrogens (tertiary/aromatic N) is 6. The highest BCUT2D eigenvalue weighted by Gasteiger charge is 2.49. The second-order valence-corrected chi connectivity index (χ2v) is 21.1. The van der Waals surface area contributed by atoms with E-state index in [1.165, 1.54) is 22.8 Å². The average Bonchev–Trinajstić information content (AvgIpc) is 3.82. The highest BCUT2D eigenvalue weighted by molar-refractivity contribution is 8.08. The largest absolute Gasteiger partial charge is 0.488 e. The van der Waals surface area contributed by atoms with Gasteiger partial charge in [0.2, 0.25) is 5.36 Å². The molecule has 2 aliphatic heterocycles. The van der Waals surface area contributed by atoms with Crippen LogP contribution in [0.3, 0.4) is 0 Å². The molecule has 10 N–H and O–H groups in total. The molecule has 2 amide bonds. The molecule has 30 heteroatoms. The van der Waals surface area contributed by atoms with Crippen molar-refractivity contribution < 1.29 is 80.3 Å². The van der Waals surface area contributed by atoms with E-state index in [1.807, 2.05) is 74.1 Å². The van der Waals surface area contributed by atoms with Gasteiger partial charge in [-0.1, -0.05) is 6.07 Å². The molecule has 0 radical (unpaired) electrons. The Hall–Kier alpha value is -5.76. The predicted octanol–water partition coefficient (Wildman–Crippen LogP) is 1.97. The molecule has 1 saturated heterocycles. The lowest BCUT2D eigenvalue weighted by Crippen LogP contribution is -2.42. The zero-order chi connectivity index (χ0) is 49.5. The Labute approximate surface area is 389 Å². The molecular formula is C38H43N9O17P3S+. The van der Waals surface area contributed by atoms with Crippen molar-refractivity contribution in [2.75, 3.05) is 58.5 Å². The number of imidazole rings is 1. The summed E-state index contributed by atoms with van der Waals surface area (Å²) >= 11 is 4.09. The van der Waals surface area contributed by atoms with Gasteiger partial charge in [0.15, 0.2) is 23.8 Å². The third-order valence-electron chi connectivity index (χ3n) is 10.2. The Bertz CT molecular complexity index is 3140. The van der Waals surface area contributed by atoms with E-state index >= 15 is 0 Å². The number of aliphatic hydroxyl groups is 1. The summed E-state index contributed by atoms with van der Waals surface area (Å²) in [6.07, 6.45) is -5.58. The summed E-state index contributed by atoms with van der Waals surface area (Å²) in [5.74, 6) is -1.52. The fourth-order valence-electron chi connectivity index (χ4n) is 7.16. The number of carbonyl (C=O) groups excluding carboxylic acids is 2. The Kier molecular flexibility index (Phi) is 14.5. The fraction of sp³-hybridized carbons (Fsp3) is 0.289. The van der Waals surface area contributed by atoms with Crippen LogP contribution in [-0.4, -0.2) is 133 Å². The van der Waals surface area contributed by atoms with Crippen LogP contribution in [0.2, 0.25) is 0 Å². The normalized spacial score (nSPS) is 19.1. The zero-order valence-electron chi connectivity index (χ0n) is 36.0. The van der Waals surface area contributed by atoms with Crippen molar-refractivity contribution in [2.45, 2.75) is 24.5 Å². The van der Waals surface area contributed by atoms with Gasteiger partial charge in [-0.25, -0.2) is 42.6 Å². The molecule has 0 saturated carbocycles. The first kappa shape index (κ1) is 50.1. The van der Waals surface area contributed by atoms with Crippen molar-refractivity contribution >= 4 is 85.8 Å². The number of alkyl carbamates (subject to hydrolysis) is 1. The van der Waals surface area contributed by atoms with Crippen LogP contribution >= 0.6 is 22.4 Å². The lowest BCUT2D eigenvalue weighted by atomic mass is 9.89. The van der Waals surface area contributed by atoms with Crippen LogP contribution in [-0.2, 0) is 43.6 Å². The SMILES string of the molecule is CN(C)c1ccc2c(-c3ccc(C(=O)NCCNC(=O)O[C@H]4[C@@H](O)[C@H](n5cnc6c(N)ncnc65)O[C@@H]4COP(=O)(O)OP(=O)(O)OP(O)(O)=S)cc3C(=O)O)c3ccc(=[N+](C)C)cc-3oc2c1. The molecule has 1 fully saturated rings. The van der Waals surface area contributed by atoms with E-state index in [-0.39, 0.29) is 41.2 Å². The van der Waals surface area contributed by atoms with Gasteiger partial charge in [0.05, 0.1) is 24.6 Å². The first-order valence-corrected chi connectivity index (χ1v) is 25.4. The number of amides is 2. The molecule has 0 bridgehead atoms. The Balaban J connectivity index is 1.05. The highest BCUT2D eigenvalue weighted by Crippen LogP contribution is 2.66. The zero-order valence-corrected chi connectivity index (χ0v) is 39.5. The second-order valence-electron chi connectivity index (χ2n) is 15.3. The summed E-state index contributed by atoms with van der Waals surface area (Å²) < 4.78 is 58.0. The summed E-state index contributed by atoms with van der Waals surface area (Å²) in [5, 5.41) is 28.3. The number of anilines is 2. The number of nitrogens with one attached hydrogen (secondary N) is 2. The Morgan fingerprint density at radius 2 is 1.66 bits per heavy atom. The number of aliphatic hydroxyl groups excluding tert-OH is 1. The number of ether oxygens (including phenoxy) is 2. The van der Waals surface area contributed by atoms with Gasteiger partial charge in [-0.2, -0.15) is 4.31 Å². The van der Waals surface area contributed by atoms with Gasteiger partial charge in [0.25, 0.3) is 5.91 Å². The molecule has 2 unspecified atom stereocenters. The second kappa shape index (κ2) is 19.7. The third kappa shape index (κ3) is 11.2. The van der Waals surface area contributed by atoms with E-state index in [9.17, 15) is 53.3 Å². The fourth-order valence-corrected chi connectivity index (χ4v) is 10.9.